The number of nitrogens with one attached hydrogen (secondary N) is 2. The molecule has 1 aromatic heterocycles. The highest BCUT2D eigenvalue weighted by atomic mass is 32.2. The van der Waals surface area contributed by atoms with Gasteiger partial charge in [-0.05, 0) is 44.0 Å². The van der Waals surface area contributed by atoms with E-state index in [9.17, 15) is 9.59 Å². The minimum absolute atomic E-state index is 0.112. The Labute approximate surface area is 180 Å². The van der Waals surface area contributed by atoms with Gasteiger partial charge in [-0.3, -0.25) is 20.4 Å². The number of aromatic nitrogens is 3. The summed E-state index contributed by atoms with van der Waals surface area (Å²) in [7, 11) is 0. The number of hydrazine groups is 1. The molecule has 30 heavy (non-hydrogen) atoms. The number of benzene rings is 2. The Hall–Kier alpha value is -3.13. The lowest BCUT2D eigenvalue weighted by atomic mass is 10.1. The van der Waals surface area contributed by atoms with E-state index in [1.54, 1.807) is 12.1 Å². The number of thioether (sulfide) groups is 1. The van der Waals surface area contributed by atoms with E-state index in [0.717, 1.165) is 28.9 Å². The van der Waals surface area contributed by atoms with E-state index >= 15 is 0 Å². The first-order chi connectivity index (χ1) is 14.5. The lowest BCUT2D eigenvalue weighted by Crippen LogP contribution is -2.42. The number of carbonyl (C=O) groups is 2. The minimum Gasteiger partial charge on any atom is -0.302 e. The van der Waals surface area contributed by atoms with E-state index in [1.807, 2.05) is 48.7 Å². The zero-order valence-corrected chi connectivity index (χ0v) is 18.1. The maximum atomic E-state index is 12.2. The Bertz CT molecular complexity index is 1030. The standard InChI is InChI=1S/C22H25N5O2S/c1-4-16-9-11-17(12-10-16)21(29)25-23-19(28)14-30-22-26-24-20(27(22)5-2)18-8-6-7-15(3)13-18/h6-13H,4-5,14H2,1-3H3,(H,23,28)(H,25,29). The number of amides is 2. The maximum Gasteiger partial charge on any atom is 0.269 e. The predicted octanol–water partition coefficient (Wildman–Crippen LogP) is 3.39. The summed E-state index contributed by atoms with van der Waals surface area (Å²) in [5, 5.41) is 9.19. The molecule has 0 aliphatic carbocycles. The fourth-order valence-electron chi connectivity index (χ4n) is 2.93. The average molecular weight is 424 g/mol. The Morgan fingerprint density at radius 3 is 2.47 bits per heavy atom. The summed E-state index contributed by atoms with van der Waals surface area (Å²) in [4.78, 5) is 24.3. The van der Waals surface area contributed by atoms with Gasteiger partial charge in [0, 0.05) is 17.7 Å². The number of hydrogen-bond donors (Lipinski definition) is 2. The molecule has 0 aliphatic rings. The number of nitrogens with zero attached hydrogens (tertiary/aromatic N) is 3. The normalized spacial score (nSPS) is 10.6. The summed E-state index contributed by atoms with van der Waals surface area (Å²) < 4.78 is 1.97. The highest BCUT2D eigenvalue weighted by molar-refractivity contribution is 7.99. The van der Waals surface area contributed by atoms with Crippen molar-refractivity contribution in [3.63, 3.8) is 0 Å². The van der Waals surface area contributed by atoms with Crippen molar-refractivity contribution in [2.24, 2.45) is 0 Å². The van der Waals surface area contributed by atoms with Crippen LogP contribution in [0.2, 0.25) is 0 Å². The van der Waals surface area contributed by atoms with Gasteiger partial charge in [0.2, 0.25) is 5.91 Å². The van der Waals surface area contributed by atoms with Crippen LogP contribution >= 0.6 is 11.8 Å². The van der Waals surface area contributed by atoms with Crippen molar-refractivity contribution in [2.45, 2.75) is 38.9 Å². The lowest BCUT2D eigenvalue weighted by Gasteiger charge is -2.09. The molecule has 3 rings (SSSR count). The van der Waals surface area contributed by atoms with Crippen molar-refractivity contribution >= 4 is 23.6 Å². The van der Waals surface area contributed by atoms with Crippen molar-refractivity contribution < 1.29 is 9.59 Å². The molecule has 2 aromatic carbocycles. The second kappa shape index (κ2) is 10.1. The van der Waals surface area contributed by atoms with E-state index in [1.165, 1.54) is 11.8 Å². The van der Waals surface area contributed by atoms with Gasteiger partial charge in [0.15, 0.2) is 11.0 Å². The van der Waals surface area contributed by atoms with Crippen LogP contribution in [0.25, 0.3) is 11.4 Å². The molecule has 3 aromatic rings. The molecule has 2 N–H and O–H groups in total. The number of carbonyl (C=O) groups excluding carboxylic acids is 2. The third kappa shape index (κ3) is 5.27. The summed E-state index contributed by atoms with van der Waals surface area (Å²) in [5.74, 6) is 0.213. The first-order valence-electron chi connectivity index (χ1n) is 9.83. The van der Waals surface area contributed by atoms with Crippen LogP contribution in [0.15, 0.2) is 53.7 Å². The van der Waals surface area contributed by atoms with Crippen LogP contribution in [0.5, 0.6) is 0 Å². The van der Waals surface area contributed by atoms with Crippen LogP contribution < -0.4 is 10.9 Å². The van der Waals surface area contributed by atoms with Gasteiger partial charge in [0.05, 0.1) is 5.75 Å². The summed E-state index contributed by atoms with van der Waals surface area (Å²) in [6, 6.07) is 15.3. The summed E-state index contributed by atoms with van der Waals surface area (Å²) in [6.07, 6.45) is 0.907. The Balaban J connectivity index is 1.56. The topological polar surface area (TPSA) is 88.9 Å². The SMILES string of the molecule is CCc1ccc(C(=O)NNC(=O)CSc2nnc(-c3cccc(C)c3)n2CC)cc1. The third-order valence-corrected chi connectivity index (χ3v) is 5.55. The smallest absolute Gasteiger partial charge is 0.269 e. The molecule has 0 saturated carbocycles. The molecule has 0 atom stereocenters. The van der Waals surface area contributed by atoms with Crippen molar-refractivity contribution in [1.29, 1.82) is 0 Å². The van der Waals surface area contributed by atoms with Crippen molar-refractivity contribution in [1.82, 2.24) is 25.6 Å². The first-order valence-corrected chi connectivity index (χ1v) is 10.8. The van der Waals surface area contributed by atoms with Gasteiger partial charge in [-0.15, -0.1) is 10.2 Å². The number of hydrogen-bond acceptors (Lipinski definition) is 5. The van der Waals surface area contributed by atoms with Crippen molar-refractivity contribution in [2.75, 3.05) is 5.75 Å². The van der Waals surface area contributed by atoms with Crippen LogP contribution in [0.3, 0.4) is 0 Å². The molecule has 7 nitrogen and oxygen atoms in total. The molecule has 1 heterocycles. The largest absolute Gasteiger partial charge is 0.302 e. The fraction of sp³-hybridized carbons (Fsp3) is 0.273. The molecule has 0 fully saturated rings. The van der Waals surface area contributed by atoms with E-state index in [2.05, 4.69) is 34.0 Å². The quantitative estimate of drug-likeness (QED) is 0.449. The van der Waals surface area contributed by atoms with E-state index in [-0.39, 0.29) is 17.6 Å². The summed E-state index contributed by atoms with van der Waals surface area (Å²) >= 11 is 1.28. The van der Waals surface area contributed by atoms with Gasteiger partial charge in [0.1, 0.15) is 0 Å². The fourth-order valence-corrected chi connectivity index (χ4v) is 3.74. The van der Waals surface area contributed by atoms with Gasteiger partial charge in [-0.1, -0.05) is 54.6 Å². The third-order valence-electron chi connectivity index (χ3n) is 4.58. The van der Waals surface area contributed by atoms with Gasteiger partial charge >= 0.3 is 0 Å². The second-order valence-electron chi connectivity index (χ2n) is 6.76. The molecular formula is C22H25N5O2S. The average Bonchev–Trinajstić information content (AvgIpc) is 3.19. The Morgan fingerprint density at radius 1 is 1.03 bits per heavy atom. The van der Waals surface area contributed by atoms with Crippen LogP contribution in [-0.2, 0) is 17.8 Å². The van der Waals surface area contributed by atoms with Crippen molar-refractivity contribution in [3.05, 3.63) is 65.2 Å². The summed E-state index contributed by atoms with van der Waals surface area (Å²) in [5.41, 5.74) is 8.67. The Morgan fingerprint density at radius 2 is 1.80 bits per heavy atom. The minimum atomic E-state index is -0.352. The van der Waals surface area contributed by atoms with Crippen LogP contribution in [0.4, 0.5) is 0 Å². The first kappa shape index (κ1) is 21.6. The molecule has 8 heteroatoms. The molecule has 2 amide bonds. The highest BCUT2D eigenvalue weighted by Gasteiger charge is 2.15. The van der Waals surface area contributed by atoms with Gasteiger partial charge < -0.3 is 4.57 Å². The zero-order valence-electron chi connectivity index (χ0n) is 17.3. The molecule has 0 bridgehead atoms. The monoisotopic (exact) mass is 423 g/mol. The van der Waals surface area contributed by atoms with Crippen LogP contribution in [0, 0.1) is 6.92 Å². The van der Waals surface area contributed by atoms with Crippen LogP contribution in [-0.4, -0.2) is 32.3 Å². The Kier molecular flexibility index (Phi) is 7.24. The van der Waals surface area contributed by atoms with E-state index in [0.29, 0.717) is 17.3 Å². The molecule has 0 unspecified atom stereocenters. The van der Waals surface area contributed by atoms with E-state index in [4.69, 9.17) is 0 Å². The number of rotatable bonds is 7. The molecular weight excluding hydrogens is 398 g/mol. The highest BCUT2D eigenvalue weighted by Crippen LogP contribution is 2.24. The molecule has 0 radical (unpaired) electrons. The second-order valence-corrected chi connectivity index (χ2v) is 7.70. The van der Waals surface area contributed by atoms with E-state index < -0.39 is 0 Å². The van der Waals surface area contributed by atoms with Crippen LogP contribution in [0.1, 0.15) is 35.3 Å². The maximum absolute atomic E-state index is 12.2. The van der Waals surface area contributed by atoms with Gasteiger partial charge in [-0.25, -0.2) is 0 Å². The molecule has 0 aliphatic heterocycles. The zero-order chi connectivity index (χ0) is 21.5. The molecule has 0 saturated heterocycles. The lowest BCUT2D eigenvalue weighted by molar-refractivity contribution is -0.119. The van der Waals surface area contributed by atoms with Gasteiger partial charge in [0.25, 0.3) is 5.91 Å². The summed E-state index contributed by atoms with van der Waals surface area (Å²) in [6.45, 7) is 6.78. The van der Waals surface area contributed by atoms with Crippen molar-refractivity contribution in [3.8, 4) is 11.4 Å². The van der Waals surface area contributed by atoms with Gasteiger partial charge in [-0.2, -0.15) is 0 Å². The number of aryl methyl sites for hydroxylation is 2. The predicted molar refractivity (Wildman–Crippen MR) is 118 cm³/mol. The molecule has 156 valence electrons. The molecule has 0 spiro atoms.